The SMILES string of the molecule is COc1ccc(C(=O)CCCCCN2CCCCC2)cc1Br. The van der Waals surface area contributed by atoms with Gasteiger partial charge < -0.3 is 9.64 Å². The number of ketones is 1. The molecule has 1 aliphatic rings. The van der Waals surface area contributed by atoms with Crippen molar-refractivity contribution in [3.63, 3.8) is 0 Å². The quantitative estimate of drug-likeness (QED) is 0.493. The summed E-state index contributed by atoms with van der Waals surface area (Å²) in [7, 11) is 1.63. The number of unbranched alkanes of at least 4 members (excludes halogenated alkanes) is 2. The number of rotatable bonds is 8. The number of hydrogen-bond acceptors (Lipinski definition) is 3. The summed E-state index contributed by atoms with van der Waals surface area (Å²) in [6.07, 6.45) is 8.06. The highest BCUT2D eigenvalue weighted by molar-refractivity contribution is 9.10. The Morgan fingerprint density at radius 1 is 1.18 bits per heavy atom. The maximum atomic E-state index is 12.2. The normalized spacial score (nSPS) is 15.7. The lowest BCUT2D eigenvalue weighted by Crippen LogP contribution is -2.30. The number of ether oxygens (including phenoxy) is 1. The molecule has 0 spiro atoms. The van der Waals surface area contributed by atoms with Crippen molar-refractivity contribution < 1.29 is 9.53 Å². The molecular weight excluding hydrogens is 342 g/mol. The fourth-order valence-electron chi connectivity index (χ4n) is 2.96. The van der Waals surface area contributed by atoms with Crippen LogP contribution in [-0.2, 0) is 0 Å². The van der Waals surface area contributed by atoms with Crippen molar-refractivity contribution in [1.29, 1.82) is 0 Å². The minimum absolute atomic E-state index is 0.223. The summed E-state index contributed by atoms with van der Waals surface area (Å²) in [6, 6.07) is 5.54. The second-order valence-corrected chi connectivity index (χ2v) is 6.84. The standard InChI is InChI=1S/C18H26BrNO2/c1-22-18-10-9-15(14-16(18)19)17(21)8-4-2-5-11-20-12-6-3-7-13-20/h9-10,14H,2-8,11-13H2,1H3. The van der Waals surface area contributed by atoms with Crippen LogP contribution in [0.3, 0.4) is 0 Å². The molecule has 3 nitrogen and oxygen atoms in total. The van der Waals surface area contributed by atoms with Gasteiger partial charge in [-0.3, -0.25) is 4.79 Å². The highest BCUT2D eigenvalue weighted by atomic mass is 79.9. The van der Waals surface area contributed by atoms with Gasteiger partial charge in [0.1, 0.15) is 5.75 Å². The first-order valence-electron chi connectivity index (χ1n) is 8.30. The predicted molar refractivity (Wildman–Crippen MR) is 93.8 cm³/mol. The molecule has 2 rings (SSSR count). The smallest absolute Gasteiger partial charge is 0.162 e. The van der Waals surface area contributed by atoms with Gasteiger partial charge in [0.2, 0.25) is 0 Å². The summed E-state index contributed by atoms with van der Waals surface area (Å²) in [5.74, 6) is 0.986. The molecule has 1 aromatic rings. The van der Waals surface area contributed by atoms with Crippen LogP contribution >= 0.6 is 15.9 Å². The first-order valence-corrected chi connectivity index (χ1v) is 9.09. The highest BCUT2D eigenvalue weighted by Crippen LogP contribution is 2.26. The summed E-state index contributed by atoms with van der Waals surface area (Å²) in [5, 5.41) is 0. The van der Waals surface area contributed by atoms with Gasteiger partial charge in [-0.15, -0.1) is 0 Å². The van der Waals surface area contributed by atoms with E-state index in [2.05, 4.69) is 20.8 Å². The van der Waals surface area contributed by atoms with Crippen LogP contribution in [0.2, 0.25) is 0 Å². The van der Waals surface area contributed by atoms with E-state index in [0.29, 0.717) is 6.42 Å². The summed E-state index contributed by atoms with van der Waals surface area (Å²) in [4.78, 5) is 14.8. The number of methoxy groups -OCH3 is 1. The zero-order valence-corrected chi connectivity index (χ0v) is 15.0. The van der Waals surface area contributed by atoms with Crippen molar-refractivity contribution in [3.8, 4) is 5.75 Å². The Balaban J connectivity index is 1.66. The van der Waals surface area contributed by atoms with Crippen LogP contribution in [-0.4, -0.2) is 37.4 Å². The van der Waals surface area contributed by atoms with Crippen LogP contribution in [0.1, 0.15) is 55.3 Å². The van der Waals surface area contributed by atoms with Crippen LogP contribution in [0.25, 0.3) is 0 Å². The van der Waals surface area contributed by atoms with E-state index in [1.165, 1.54) is 45.3 Å². The summed E-state index contributed by atoms with van der Waals surface area (Å²) in [6.45, 7) is 3.72. The molecule has 1 aromatic carbocycles. The average Bonchev–Trinajstić information content (AvgIpc) is 2.55. The van der Waals surface area contributed by atoms with E-state index >= 15 is 0 Å². The van der Waals surface area contributed by atoms with E-state index in [4.69, 9.17) is 4.74 Å². The Kier molecular flexibility index (Phi) is 7.40. The molecule has 0 saturated carbocycles. The third-order valence-electron chi connectivity index (χ3n) is 4.30. The Labute approximate surface area is 142 Å². The van der Waals surface area contributed by atoms with Gasteiger partial charge in [-0.25, -0.2) is 0 Å². The fraction of sp³-hybridized carbons (Fsp3) is 0.611. The van der Waals surface area contributed by atoms with Crippen LogP contribution in [0, 0.1) is 0 Å². The lowest BCUT2D eigenvalue weighted by Gasteiger charge is -2.26. The van der Waals surface area contributed by atoms with Gasteiger partial charge >= 0.3 is 0 Å². The molecular formula is C18H26BrNO2. The van der Waals surface area contributed by atoms with Crippen LogP contribution < -0.4 is 4.74 Å². The summed E-state index contributed by atoms with van der Waals surface area (Å²) < 4.78 is 6.03. The molecule has 0 N–H and O–H groups in total. The van der Waals surface area contributed by atoms with E-state index in [1.807, 2.05) is 18.2 Å². The number of Topliss-reactive ketones (excluding diaryl/α,β-unsaturated/α-hetero) is 1. The minimum Gasteiger partial charge on any atom is -0.496 e. The average molecular weight is 368 g/mol. The topological polar surface area (TPSA) is 29.5 Å². The van der Waals surface area contributed by atoms with Crippen molar-refractivity contribution >= 4 is 21.7 Å². The number of hydrogen-bond donors (Lipinski definition) is 0. The molecule has 0 aliphatic carbocycles. The summed E-state index contributed by atoms with van der Waals surface area (Å²) in [5.41, 5.74) is 0.767. The Bertz CT molecular complexity index is 484. The fourth-order valence-corrected chi connectivity index (χ4v) is 3.51. The molecule has 122 valence electrons. The van der Waals surface area contributed by atoms with Gasteiger partial charge in [-0.05, 0) is 79.4 Å². The maximum absolute atomic E-state index is 12.2. The largest absolute Gasteiger partial charge is 0.496 e. The Morgan fingerprint density at radius 3 is 2.64 bits per heavy atom. The molecule has 0 aromatic heterocycles. The predicted octanol–water partition coefficient (Wildman–Crippen LogP) is 4.69. The van der Waals surface area contributed by atoms with Gasteiger partial charge in [-0.1, -0.05) is 12.8 Å². The van der Waals surface area contributed by atoms with Crippen molar-refractivity contribution in [3.05, 3.63) is 28.2 Å². The number of piperidine rings is 1. The van der Waals surface area contributed by atoms with Crippen molar-refractivity contribution in [2.75, 3.05) is 26.7 Å². The van der Waals surface area contributed by atoms with Crippen LogP contribution in [0.15, 0.2) is 22.7 Å². The van der Waals surface area contributed by atoms with Gasteiger partial charge in [-0.2, -0.15) is 0 Å². The zero-order chi connectivity index (χ0) is 15.8. The second-order valence-electron chi connectivity index (χ2n) is 5.99. The van der Waals surface area contributed by atoms with Gasteiger partial charge in [0, 0.05) is 12.0 Å². The molecule has 22 heavy (non-hydrogen) atoms. The minimum atomic E-state index is 0.223. The molecule has 1 aliphatic heterocycles. The number of halogens is 1. The van der Waals surface area contributed by atoms with E-state index in [1.54, 1.807) is 7.11 Å². The first-order chi connectivity index (χ1) is 10.7. The third kappa shape index (κ3) is 5.40. The van der Waals surface area contributed by atoms with Gasteiger partial charge in [0.05, 0.1) is 11.6 Å². The van der Waals surface area contributed by atoms with Gasteiger partial charge in [0.15, 0.2) is 5.78 Å². The van der Waals surface area contributed by atoms with E-state index in [9.17, 15) is 4.79 Å². The Hall–Kier alpha value is -0.870. The molecule has 1 heterocycles. The number of carbonyl (C=O) groups excluding carboxylic acids is 1. The third-order valence-corrected chi connectivity index (χ3v) is 4.92. The first kappa shape index (κ1) is 17.5. The Morgan fingerprint density at radius 2 is 1.95 bits per heavy atom. The number of nitrogens with zero attached hydrogens (tertiary/aromatic N) is 1. The van der Waals surface area contributed by atoms with E-state index < -0.39 is 0 Å². The molecule has 0 atom stereocenters. The molecule has 1 fully saturated rings. The lowest BCUT2D eigenvalue weighted by molar-refractivity contribution is 0.0978. The number of benzene rings is 1. The van der Waals surface area contributed by atoms with E-state index in [-0.39, 0.29) is 5.78 Å². The van der Waals surface area contributed by atoms with Crippen molar-refractivity contribution in [2.24, 2.45) is 0 Å². The molecule has 1 saturated heterocycles. The number of carbonyl (C=O) groups is 1. The highest BCUT2D eigenvalue weighted by Gasteiger charge is 2.10. The van der Waals surface area contributed by atoms with Gasteiger partial charge in [0.25, 0.3) is 0 Å². The van der Waals surface area contributed by atoms with Crippen molar-refractivity contribution in [2.45, 2.75) is 44.9 Å². The molecule has 0 amide bonds. The van der Waals surface area contributed by atoms with Crippen molar-refractivity contribution in [1.82, 2.24) is 4.90 Å². The molecule has 4 heteroatoms. The second kappa shape index (κ2) is 9.31. The molecule has 0 unspecified atom stereocenters. The maximum Gasteiger partial charge on any atom is 0.162 e. The zero-order valence-electron chi connectivity index (χ0n) is 13.4. The molecule has 0 radical (unpaired) electrons. The van der Waals surface area contributed by atoms with Crippen LogP contribution in [0.5, 0.6) is 5.75 Å². The lowest BCUT2D eigenvalue weighted by atomic mass is 10.0. The number of likely N-dealkylation sites (tertiary alicyclic amines) is 1. The van der Waals surface area contributed by atoms with Crippen LogP contribution in [0.4, 0.5) is 0 Å². The monoisotopic (exact) mass is 367 g/mol. The van der Waals surface area contributed by atoms with E-state index in [0.717, 1.165) is 28.6 Å². The summed E-state index contributed by atoms with van der Waals surface area (Å²) >= 11 is 3.43. The molecule has 0 bridgehead atoms.